The number of nitrogens with zero attached hydrogens (tertiary/aromatic N) is 2. The van der Waals surface area contributed by atoms with E-state index in [1.807, 2.05) is 11.6 Å². The Kier molecular flexibility index (Phi) is 5.60. The highest BCUT2D eigenvalue weighted by Gasteiger charge is 2.31. The van der Waals surface area contributed by atoms with Crippen molar-refractivity contribution in [2.45, 2.75) is 52.3 Å². The Morgan fingerprint density at radius 2 is 2.00 bits per heavy atom. The number of ether oxygens (including phenoxy) is 1. The second-order valence-corrected chi connectivity index (χ2v) is 9.14. The van der Waals surface area contributed by atoms with Gasteiger partial charge in [0.1, 0.15) is 15.5 Å². The highest BCUT2D eigenvalue weighted by atomic mass is 32.1. The van der Waals surface area contributed by atoms with Gasteiger partial charge in [-0.2, -0.15) is 5.10 Å². The third-order valence-corrected chi connectivity index (χ3v) is 6.03. The normalized spacial score (nSPS) is 14.8. The third-order valence-electron chi connectivity index (χ3n) is 4.91. The van der Waals surface area contributed by atoms with Gasteiger partial charge in [0.2, 0.25) is 6.10 Å². The number of fused-ring (bicyclic) bond motifs is 1. The first-order valence-electron chi connectivity index (χ1n) is 10.1. The molecule has 1 aliphatic carbocycles. The van der Waals surface area contributed by atoms with Gasteiger partial charge in [-0.25, -0.2) is 9.18 Å². The highest BCUT2D eigenvalue weighted by molar-refractivity contribution is 7.20. The minimum absolute atomic E-state index is 0.119. The molecule has 0 spiro atoms. The van der Waals surface area contributed by atoms with Crippen molar-refractivity contribution in [2.24, 2.45) is 5.92 Å². The summed E-state index contributed by atoms with van der Waals surface area (Å²) in [6.45, 7) is 6.88. The van der Waals surface area contributed by atoms with Crippen LogP contribution in [0.5, 0.6) is 0 Å². The Bertz CT molecular complexity index is 1080. The number of hydrogen-bond acceptors (Lipinski definition) is 5. The van der Waals surface area contributed by atoms with Crippen LogP contribution in [0.2, 0.25) is 0 Å². The zero-order valence-corrected chi connectivity index (χ0v) is 18.0. The Labute approximate surface area is 178 Å². The van der Waals surface area contributed by atoms with Crippen LogP contribution in [0.25, 0.3) is 10.2 Å². The first-order valence-corrected chi connectivity index (χ1v) is 10.9. The number of esters is 1. The molecule has 2 aromatic heterocycles. The molecule has 4 rings (SSSR count). The summed E-state index contributed by atoms with van der Waals surface area (Å²) in [5.41, 5.74) is 1.29. The van der Waals surface area contributed by atoms with E-state index in [2.05, 4.69) is 24.3 Å². The SMILES string of the molecule is Cc1nn(CC(C)C)c2sc(C(=O)O[C@@H](C(=O)NC3CC3)c3ccc(F)cc3)cc12. The topological polar surface area (TPSA) is 73.2 Å². The fourth-order valence-corrected chi connectivity index (χ4v) is 4.32. The lowest BCUT2D eigenvalue weighted by Gasteiger charge is -2.17. The number of aryl methyl sites for hydroxylation is 1. The molecule has 1 N–H and O–H groups in total. The van der Waals surface area contributed by atoms with E-state index in [0.29, 0.717) is 16.4 Å². The Hall–Kier alpha value is -2.74. The van der Waals surface area contributed by atoms with Crippen LogP contribution < -0.4 is 5.32 Å². The van der Waals surface area contributed by atoms with E-state index in [-0.39, 0.29) is 11.9 Å². The number of nitrogens with one attached hydrogen (secondary N) is 1. The Morgan fingerprint density at radius 3 is 2.63 bits per heavy atom. The molecular formula is C22H24FN3O3S. The molecule has 8 heteroatoms. The second-order valence-electron chi connectivity index (χ2n) is 8.11. The highest BCUT2D eigenvalue weighted by Crippen LogP contribution is 2.31. The molecule has 6 nitrogen and oxygen atoms in total. The fraction of sp³-hybridized carbons (Fsp3) is 0.409. The number of aromatic nitrogens is 2. The van der Waals surface area contributed by atoms with Crippen molar-refractivity contribution in [2.75, 3.05) is 0 Å². The van der Waals surface area contributed by atoms with Gasteiger partial charge in [0.25, 0.3) is 5.91 Å². The number of hydrogen-bond donors (Lipinski definition) is 1. The summed E-state index contributed by atoms with van der Waals surface area (Å²) in [6.07, 6.45) is 0.701. The first-order chi connectivity index (χ1) is 14.3. The maximum Gasteiger partial charge on any atom is 0.349 e. The van der Waals surface area contributed by atoms with E-state index in [1.165, 1.54) is 35.6 Å². The van der Waals surface area contributed by atoms with Gasteiger partial charge >= 0.3 is 5.97 Å². The van der Waals surface area contributed by atoms with E-state index in [0.717, 1.165) is 35.3 Å². The van der Waals surface area contributed by atoms with Crippen molar-refractivity contribution in [3.63, 3.8) is 0 Å². The van der Waals surface area contributed by atoms with Crippen molar-refractivity contribution >= 4 is 33.4 Å². The maximum atomic E-state index is 13.3. The average Bonchev–Trinajstić information content (AvgIpc) is 3.30. The lowest BCUT2D eigenvalue weighted by Crippen LogP contribution is -2.33. The summed E-state index contributed by atoms with van der Waals surface area (Å²) in [5, 5.41) is 8.33. The molecule has 1 aliphatic rings. The molecule has 30 heavy (non-hydrogen) atoms. The van der Waals surface area contributed by atoms with Gasteiger partial charge in [-0.05, 0) is 43.9 Å². The summed E-state index contributed by atoms with van der Waals surface area (Å²) < 4.78 is 20.9. The number of thiophene rings is 1. The van der Waals surface area contributed by atoms with Gasteiger partial charge in [-0.15, -0.1) is 11.3 Å². The zero-order valence-electron chi connectivity index (χ0n) is 17.1. The van der Waals surface area contributed by atoms with Crippen LogP contribution in [0.1, 0.15) is 53.7 Å². The molecule has 0 saturated heterocycles. The predicted octanol–water partition coefficient (Wildman–Crippen LogP) is 4.38. The van der Waals surface area contributed by atoms with Crippen molar-refractivity contribution in [1.82, 2.24) is 15.1 Å². The molecule has 0 aliphatic heterocycles. The number of amides is 1. The molecule has 0 bridgehead atoms. The van der Waals surface area contributed by atoms with E-state index in [1.54, 1.807) is 6.07 Å². The molecule has 0 unspecified atom stereocenters. The molecule has 158 valence electrons. The molecule has 1 amide bonds. The quantitative estimate of drug-likeness (QED) is 0.566. The van der Waals surface area contributed by atoms with Crippen molar-refractivity contribution < 1.29 is 18.7 Å². The molecule has 1 fully saturated rings. The molecule has 1 saturated carbocycles. The summed E-state index contributed by atoms with van der Waals surface area (Å²) in [4.78, 5) is 26.9. The van der Waals surface area contributed by atoms with Crippen LogP contribution >= 0.6 is 11.3 Å². The van der Waals surface area contributed by atoms with Crippen LogP contribution in [-0.2, 0) is 16.1 Å². The van der Waals surface area contributed by atoms with Gasteiger partial charge in [-0.1, -0.05) is 26.0 Å². The van der Waals surface area contributed by atoms with Gasteiger partial charge < -0.3 is 10.1 Å². The summed E-state index contributed by atoms with van der Waals surface area (Å²) in [7, 11) is 0. The molecule has 3 aromatic rings. The van der Waals surface area contributed by atoms with E-state index in [9.17, 15) is 14.0 Å². The van der Waals surface area contributed by atoms with Crippen LogP contribution in [0.4, 0.5) is 4.39 Å². The fourth-order valence-electron chi connectivity index (χ4n) is 3.26. The smallest absolute Gasteiger partial charge is 0.349 e. The number of halogens is 1. The minimum atomic E-state index is -1.13. The largest absolute Gasteiger partial charge is 0.443 e. The third kappa shape index (κ3) is 4.38. The van der Waals surface area contributed by atoms with Crippen molar-refractivity contribution in [1.29, 1.82) is 0 Å². The standard InChI is InChI=1S/C22H24FN3O3S/c1-12(2)11-26-21-17(13(3)25-26)10-18(30-21)22(28)29-19(20(27)24-16-8-9-16)14-4-6-15(23)7-5-14/h4-7,10,12,16,19H,8-9,11H2,1-3H3,(H,24,27)/t19-/m1/s1. The number of carbonyl (C=O) groups excluding carboxylic acids is 2. The lowest BCUT2D eigenvalue weighted by molar-refractivity contribution is -0.130. The van der Waals surface area contributed by atoms with Gasteiger partial charge in [0.05, 0.1) is 5.69 Å². The average molecular weight is 430 g/mol. The number of benzene rings is 1. The molecule has 2 heterocycles. The van der Waals surface area contributed by atoms with Crippen LogP contribution in [0.15, 0.2) is 30.3 Å². The molecule has 1 atom stereocenters. The number of rotatable bonds is 7. The monoisotopic (exact) mass is 429 g/mol. The Balaban J connectivity index is 1.60. The molecule has 0 radical (unpaired) electrons. The number of carbonyl (C=O) groups is 2. The van der Waals surface area contributed by atoms with Gasteiger partial charge in [0, 0.05) is 23.5 Å². The van der Waals surface area contributed by atoms with Crippen LogP contribution in [-0.4, -0.2) is 27.7 Å². The lowest BCUT2D eigenvalue weighted by atomic mass is 10.1. The van der Waals surface area contributed by atoms with Gasteiger partial charge in [-0.3, -0.25) is 9.48 Å². The Morgan fingerprint density at radius 1 is 1.30 bits per heavy atom. The zero-order chi connectivity index (χ0) is 21.4. The van der Waals surface area contributed by atoms with E-state index in [4.69, 9.17) is 4.74 Å². The first kappa shape index (κ1) is 20.5. The van der Waals surface area contributed by atoms with E-state index < -0.39 is 17.9 Å². The second kappa shape index (κ2) is 8.18. The summed E-state index contributed by atoms with van der Waals surface area (Å²) in [6, 6.07) is 7.33. The minimum Gasteiger partial charge on any atom is -0.443 e. The summed E-state index contributed by atoms with van der Waals surface area (Å²) >= 11 is 1.31. The van der Waals surface area contributed by atoms with Crippen LogP contribution in [0, 0.1) is 18.7 Å². The molecular weight excluding hydrogens is 405 g/mol. The van der Waals surface area contributed by atoms with Gasteiger partial charge in [0.15, 0.2) is 0 Å². The predicted molar refractivity (Wildman–Crippen MR) is 113 cm³/mol. The van der Waals surface area contributed by atoms with Crippen molar-refractivity contribution in [3.05, 3.63) is 52.3 Å². The maximum absolute atomic E-state index is 13.3. The van der Waals surface area contributed by atoms with Crippen LogP contribution in [0.3, 0.4) is 0 Å². The van der Waals surface area contributed by atoms with Crippen molar-refractivity contribution in [3.8, 4) is 0 Å². The molecule has 1 aromatic carbocycles. The summed E-state index contributed by atoms with van der Waals surface area (Å²) in [5.74, 6) is -0.965. The van der Waals surface area contributed by atoms with E-state index >= 15 is 0 Å².